The zero-order valence-corrected chi connectivity index (χ0v) is 11.8. The molecule has 2 nitrogen and oxygen atoms in total. The second kappa shape index (κ2) is 6.02. The first kappa shape index (κ1) is 14.0. The van der Waals surface area contributed by atoms with E-state index in [1.54, 1.807) is 0 Å². The van der Waals surface area contributed by atoms with Gasteiger partial charge in [0, 0.05) is 18.1 Å². The third-order valence-electron chi connectivity index (χ3n) is 4.71. The number of nitrogens with one attached hydrogen (secondary N) is 1. The van der Waals surface area contributed by atoms with Crippen molar-refractivity contribution in [3.8, 4) is 0 Å². The summed E-state index contributed by atoms with van der Waals surface area (Å²) in [5, 5.41) is 3.53. The van der Waals surface area contributed by atoms with Crippen molar-refractivity contribution in [3.05, 3.63) is 0 Å². The van der Waals surface area contributed by atoms with E-state index in [-0.39, 0.29) is 0 Å². The van der Waals surface area contributed by atoms with Crippen molar-refractivity contribution in [2.45, 2.75) is 64.5 Å². The summed E-state index contributed by atoms with van der Waals surface area (Å²) in [6.45, 7) is 8.14. The highest BCUT2D eigenvalue weighted by molar-refractivity contribution is 4.86. The predicted molar refractivity (Wildman–Crippen MR) is 71.8 cm³/mol. The maximum absolute atomic E-state index is 3.53. The van der Waals surface area contributed by atoms with Gasteiger partial charge in [-0.1, -0.05) is 19.8 Å². The number of likely N-dealkylation sites (N-methyl/N-ethyl adjacent to an activating group) is 2. The summed E-state index contributed by atoms with van der Waals surface area (Å²) in [4.78, 5) is 2.52. The Morgan fingerprint density at radius 1 is 1.31 bits per heavy atom. The Morgan fingerprint density at radius 3 is 2.31 bits per heavy atom. The van der Waals surface area contributed by atoms with Crippen LogP contribution in [0, 0.1) is 5.92 Å². The van der Waals surface area contributed by atoms with Gasteiger partial charge in [0.15, 0.2) is 0 Å². The molecule has 1 fully saturated rings. The van der Waals surface area contributed by atoms with Crippen LogP contribution < -0.4 is 5.32 Å². The molecule has 0 aromatic carbocycles. The first-order chi connectivity index (χ1) is 7.51. The van der Waals surface area contributed by atoms with Gasteiger partial charge < -0.3 is 5.32 Å². The highest BCUT2D eigenvalue weighted by Crippen LogP contribution is 2.29. The minimum Gasteiger partial charge on any atom is -0.315 e. The lowest BCUT2D eigenvalue weighted by Crippen LogP contribution is -2.49. The molecule has 1 aliphatic rings. The highest BCUT2D eigenvalue weighted by atomic mass is 15.2. The van der Waals surface area contributed by atoms with Crippen LogP contribution in [-0.4, -0.2) is 37.1 Å². The number of nitrogens with zero attached hydrogens (tertiary/aromatic N) is 1. The fourth-order valence-corrected chi connectivity index (χ4v) is 2.65. The SMILES string of the molecule is CCC(C)(C)N(C)CC(NC)C1CCCC1. The lowest BCUT2D eigenvalue weighted by Gasteiger charge is -2.38. The molecule has 1 atom stereocenters. The zero-order chi connectivity index (χ0) is 12.2. The van der Waals surface area contributed by atoms with Crippen molar-refractivity contribution in [3.63, 3.8) is 0 Å². The summed E-state index contributed by atoms with van der Waals surface area (Å²) >= 11 is 0. The van der Waals surface area contributed by atoms with E-state index in [0.717, 1.165) is 5.92 Å². The average Bonchev–Trinajstić information content (AvgIpc) is 2.78. The van der Waals surface area contributed by atoms with E-state index in [1.165, 1.54) is 38.6 Å². The van der Waals surface area contributed by atoms with Crippen LogP contribution in [0.25, 0.3) is 0 Å². The van der Waals surface area contributed by atoms with E-state index in [2.05, 4.69) is 45.1 Å². The maximum Gasteiger partial charge on any atom is 0.0220 e. The summed E-state index contributed by atoms with van der Waals surface area (Å²) in [5.41, 5.74) is 0.327. The Kier molecular flexibility index (Phi) is 5.26. The zero-order valence-electron chi connectivity index (χ0n) is 11.8. The van der Waals surface area contributed by atoms with Crippen LogP contribution in [0.3, 0.4) is 0 Å². The van der Waals surface area contributed by atoms with Gasteiger partial charge in [0.05, 0.1) is 0 Å². The summed E-state index contributed by atoms with van der Waals surface area (Å²) in [6.07, 6.45) is 6.93. The largest absolute Gasteiger partial charge is 0.315 e. The molecule has 0 aromatic rings. The van der Waals surface area contributed by atoms with E-state index >= 15 is 0 Å². The van der Waals surface area contributed by atoms with Gasteiger partial charge in [-0.05, 0) is 53.1 Å². The molecule has 0 amide bonds. The minimum absolute atomic E-state index is 0.327. The van der Waals surface area contributed by atoms with Gasteiger partial charge in [0.25, 0.3) is 0 Å². The molecule has 0 aliphatic heterocycles. The van der Waals surface area contributed by atoms with Gasteiger partial charge in [-0.25, -0.2) is 0 Å². The topological polar surface area (TPSA) is 15.3 Å². The first-order valence-corrected chi connectivity index (χ1v) is 6.89. The molecule has 1 unspecified atom stereocenters. The Bertz CT molecular complexity index is 195. The summed E-state index contributed by atoms with van der Waals surface area (Å²) < 4.78 is 0. The number of rotatable bonds is 6. The van der Waals surface area contributed by atoms with Gasteiger partial charge in [-0.15, -0.1) is 0 Å². The fourth-order valence-electron chi connectivity index (χ4n) is 2.65. The van der Waals surface area contributed by atoms with Crippen molar-refractivity contribution >= 4 is 0 Å². The first-order valence-electron chi connectivity index (χ1n) is 6.89. The molecule has 0 heterocycles. The minimum atomic E-state index is 0.327. The van der Waals surface area contributed by atoms with Crippen molar-refractivity contribution in [2.75, 3.05) is 20.6 Å². The van der Waals surface area contributed by atoms with E-state index < -0.39 is 0 Å². The molecular formula is C14H30N2. The van der Waals surface area contributed by atoms with Crippen molar-refractivity contribution < 1.29 is 0 Å². The van der Waals surface area contributed by atoms with Crippen molar-refractivity contribution in [1.29, 1.82) is 0 Å². The van der Waals surface area contributed by atoms with Crippen LogP contribution in [-0.2, 0) is 0 Å². The summed E-state index contributed by atoms with van der Waals surface area (Å²) in [6, 6.07) is 0.679. The normalized spacial score (nSPS) is 20.6. The lowest BCUT2D eigenvalue weighted by molar-refractivity contribution is 0.123. The number of hydrogen-bond donors (Lipinski definition) is 1. The molecule has 1 saturated carbocycles. The number of hydrogen-bond acceptors (Lipinski definition) is 2. The van der Waals surface area contributed by atoms with Crippen LogP contribution in [0.2, 0.25) is 0 Å². The standard InChI is InChI=1S/C14H30N2/c1-6-14(2,3)16(5)11-13(15-4)12-9-7-8-10-12/h12-13,15H,6-11H2,1-5H3. The van der Waals surface area contributed by atoms with Gasteiger partial charge in [0.2, 0.25) is 0 Å². The van der Waals surface area contributed by atoms with Gasteiger partial charge >= 0.3 is 0 Å². The molecule has 0 saturated heterocycles. The summed E-state index contributed by atoms with van der Waals surface area (Å²) in [5.74, 6) is 0.903. The molecule has 0 spiro atoms. The molecule has 0 radical (unpaired) electrons. The smallest absolute Gasteiger partial charge is 0.0220 e. The quantitative estimate of drug-likeness (QED) is 0.749. The lowest BCUT2D eigenvalue weighted by atomic mass is 9.94. The second-order valence-electron chi connectivity index (χ2n) is 5.99. The molecule has 1 N–H and O–H groups in total. The van der Waals surface area contributed by atoms with Gasteiger partial charge in [-0.2, -0.15) is 0 Å². The molecule has 1 aliphatic carbocycles. The Balaban J connectivity index is 2.49. The Hall–Kier alpha value is -0.0800. The van der Waals surface area contributed by atoms with Gasteiger partial charge in [0.1, 0.15) is 0 Å². The van der Waals surface area contributed by atoms with Crippen molar-refractivity contribution in [1.82, 2.24) is 10.2 Å². The Morgan fingerprint density at radius 2 is 1.88 bits per heavy atom. The van der Waals surface area contributed by atoms with E-state index in [9.17, 15) is 0 Å². The third-order valence-corrected chi connectivity index (χ3v) is 4.71. The predicted octanol–water partition coefficient (Wildman–Crippen LogP) is 2.89. The van der Waals surface area contributed by atoms with Crippen LogP contribution >= 0.6 is 0 Å². The van der Waals surface area contributed by atoms with E-state index in [4.69, 9.17) is 0 Å². The van der Waals surface area contributed by atoms with Crippen LogP contribution in [0.4, 0.5) is 0 Å². The maximum atomic E-state index is 3.53. The molecule has 96 valence electrons. The second-order valence-corrected chi connectivity index (χ2v) is 5.99. The fraction of sp³-hybridized carbons (Fsp3) is 1.00. The van der Waals surface area contributed by atoms with Crippen molar-refractivity contribution in [2.24, 2.45) is 5.92 Å². The summed E-state index contributed by atoms with van der Waals surface area (Å²) in [7, 11) is 4.39. The molecule has 0 aromatic heterocycles. The monoisotopic (exact) mass is 226 g/mol. The molecule has 16 heavy (non-hydrogen) atoms. The highest BCUT2D eigenvalue weighted by Gasteiger charge is 2.28. The van der Waals surface area contributed by atoms with E-state index in [1.807, 2.05) is 0 Å². The molecule has 1 rings (SSSR count). The van der Waals surface area contributed by atoms with Crippen LogP contribution in [0.1, 0.15) is 52.9 Å². The van der Waals surface area contributed by atoms with Crippen LogP contribution in [0.15, 0.2) is 0 Å². The van der Waals surface area contributed by atoms with E-state index in [0.29, 0.717) is 11.6 Å². The molecule has 2 heteroatoms. The Labute approximate surface area is 102 Å². The third kappa shape index (κ3) is 3.46. The van der Waals surface area contributed by atoms with Crippen LogP contribution in [0.5, 0.6) is 0 Å². The molecular weight excluding hydrogens is 196 g/mol. The average molecular weight is 226 g/mol. The molecule has 0 bridgehead atoms. The van der Waals surface area contributed by atoms with Gasteiger partial charge in [-0.3, -0.25) is 4.90 Å².